The quantitative estimate of drug-likeness (QED) is 0.773. The molecular formula is C17H29N3O. The van der Waals surface area contributed by atoms with Crippen LogP contribution >= 0.6 is 0 Å². The molecule has 2 N–H and O–H groups in total. The number of aliphatic hydroxyl groups excluding tert-OH is 1. The van der Waals surface area contributed by atoms with Gasteiger partial charge in [-0.3, -0.25) is 4.98 Å². The normalized spacial score (nSPS) is 22.7. The summed E-state index contributed by atoms with van der Waals surface area (Å²) in [6.07, 6.45) is 5.98. The third kappa shape index (κ3) is 4.42. The highest BCUT2D eigenvalue weighted by molar-refractivity contribution is 5.44. The zero-order valence-corrected chi connectivity index (χ0v) is 13.5. The summed E-state index contributed by atoms with van der Waals surface area (Å²) in [5, 5.41) is 12.9. The van der Waals surface area contributed by atoms with Crippen LogP contribution in [0, 0.1) is 5.92 Å². The smallest absolute Gasteiger partial charge is 0.0574 e. The fraction of sp³-hybridized carbons (Fsp3) is 0.706. The maximum absolute atomic E-state index is 9.36. The van der Waals surface area contributed by atoms with Crippen molar-refractivity contribution in [2.45, 2.75) is 51.7 Å². The molecule has 0 spiro atoms. The number of rotatable bonds is 8. The Morgan fingerprint density at radius 1 is 1.38 bits per heavy atom. The molecule has 0 aromatic carbocycles. The fourth-order valence-electron chi connectivity index (χ4n) is 2.95. The van der Waals surface area contributed by atoms with Crippen LogP contribution in [0.2, 0.25) is 0 Å². The van der Waals surface area contributed by atoms with E-state index in [2.05, 4.69) is 48.2 Å². The molecule has 1 aromatic rings. The summed E-state index contributed by atoms with van der Waals surface area (Å²) in [6, 6.07) is 4.65. The molecule has 1 heterocycles. The zero-order valence-electron chi connectivity index (χ0n) is 13.5. The Labute approximate surface area is 128 Å². The average Bonchev–Trinajstić information content (AvgIpc) is 2.47. The minimum Gasteiger partial charge on any atom is -0.393 e. The van der Waals surface area contributed by atoms with E-state index in [0.29, 0.717) is 12.0 Å². The van der Waals surface area contributed by atoms with Crippen LogP contribution in [0.25, 0.3) is 0 Å². The second-order valence-corrected chi connectivity index (χ2v) is 6.23. The number of pyridine rings is 1. The van der Waals surface area contributed by atoms with E-state index in [1.807, 2.05) is 6.20 Å². The van der Waals surface area contributed by atoms with Crippen LogP contribution in [0.3, 0.4) is 0 Å². The average molecular weight is 291 g/mol. The van der Waals surface area contributed by atoms with Crippen LogP contribution in [0.5, 0.6) is 0 Å². The molecule has 2 rings (SSSR count). The summed E-state index contributed by atoms with van der Waals surface area (Å²) in [5.74, 6) is 0.624. The van der Waals surface area contributed by atoms with Gasteiger partial charge in [0.05, 0.1) is 23.7 Å². The van der Waals surface area contributed by atoms with Crippen molar-refractivity contribution in [2.75, 3.05) is 25.0 Å². The minimum absolute atomic E-state index is 0.0705. The number of nitrogens with one attached hydrogen (secondary N) is 1. The Kier molecular flexibility index (Phi) is 6.00. The Morgan fingerprint density at radius 2 is 2.14 bits per heavy atom. The van der Waals surface area contributed by atoms with Gasteiger partial charge in [-0.25, -0.2) is 0 Å². The van der Waals surface area contributed by atoms with Crippen LogP contribution < -0.4 is 10.2 Å². The molecule has 0 bridgehead atoms. The predicted octanol–water partition coefficient (Wildman–Crippen LogP) is 2.74. The van der Waals surface area contributed by atoms with Crippen LogP contribution in [-0.2, 0) is 0 Å². The van der Waals surface area contributed by atoms with E-state index in [-0.39, 0.29) is 6.10 Å². The molecular weight excluding hydrogens is 262 g/mol. The van der Waals surface area contributed by atoms with Gasteiger partial charge in [0, 0.05) is 19.6 Å². The van der Waals surface area contributed by atoms with Crippen molar-refractivity contribution in [2.24, 2.45) is 5.92 Å². The van der Waals surface area contributed by atoms with Crippen molar-refractivity contribution >= 4 is 5.69 Å². The summed E-state index contributed by atoms with van der Waals surface area (Å²) >= 11 is 0. The molecule has 1 atom stereocenters. The van der Waals surface area contributed by atoms with E-state index in [1.54, 1.807) is 0 Å². The second-order valence-electron chi connectivity index (χ2n) is 6.23. The molecule has 1 unspecified atom stereocenters. The molecule has 4 heteroatoms. The highest BCUT2D eigenvalue weighted by atomic mass is 16.3. The molecule has 1 saturated carbocycles. The molecule has 1 aromatic heterocycles. The molecule has 4 nitrogen and oxygen atoms in total. The van der Waals surface area contributed by atoms with Gasteiger partial charge in [-0.15, -0.1) is 0 Å². The van der Waals surface area contributed by atoms with Gasteiger partial charge in [0.25, 0.3) is 0 Å². The highest BCUT2D eigenvalue weighted by Gasteiger charge is 2.28. The van der Waals surface area contributed by atoms with Crippen LogP contribution in [-0.4, -0.2) is 36.3 Å². The lowest BCUT2D eigenvalue weighted by Gasteiger charge is -2.35. The van der Waals surface area contributed by atoms with Gasteiger partial charge in [-0.2, -0.15) is 0 Å². The first-order valence-electron chi connectivity index (χ1n) is 8.22. The standard InChI is InChI=1S/C17H29N3O/c1-4-8-18-16(5-2)17-7-6-14(11-19-17)20(3)12-13-9-15(21)10-13/h6-7,11,13,15-16,18,21H,4-5,8-10,12H2,1-3H3. The number of hydrogen-bond donors (Lipinski definition) is 2. The Balaban J connectivity index is 1.90. The minimum atomic E-state index is -0.0705. The first-order chi connectivity index (χ1) is 10.1. The van der Waals surface area contributed by atoms with Gasteiger partial charge in [0.2, 0.25) is 0 Å². The molecule has 0 amide bonds. The second kappa shape index (κ2) is 7.76. The number of aromatic nitrogens is 1. The largest absolute Gasteiger partial charge is 0.393 e. The number of aliphatic hydroxyl groups is 1. The summed E-state index contributed by atoms with van der Waals surface area (Å²) < 4.78 is 0. The van der Waals surface area contributed by atoms with Crippen molar-refractivity contribution in [3.8, 4) is 0 Å². The molecule has 1 fully saturated rings. The highest BCUT2D eigenvalue weighted by Crippen LogP contribution is 2.29. The Bertz CT molecular complexity index is 415. The summed E-state index contributed by atoms with van der Waals surface area (Å²) in [7, 11) is 2.11. The van der Waals surface area contributed by atoms with E-state index in [0.717, 1.165) is 50.2 Å². The van der Waals surface area contributed by atoms with Crippen molar-refractivity contribution in [1.82, 2.24) is 10.3 Å². The fourth-order valence-corrected chi connectivity index (χ4v) is 2.95. The Morgan fingerprint density at radius 3 is 2.67 bits per heavy atom. The van der Waals surface area contributed by atoms with Crippen molar-refractivity contribution in [1.29, 1.82) is 0 Å². The maximum atomic E-state index is 9.36. The molecule has 1 aliphatic carbocycles. The number of hydrogen-bond acceptors (Lipinski definition) is 4. The first-order valence-corrected chi connectivity index (χ1v) is 8.22. The topological polar surface area (TPSA) is 48.4 Å². The van der Waals surface area contributed by atoms with Gasteiger partial charge in [-0.1, -0.05) is 13.8 Å². The predicted molar refractivity (Wildman–Crippen MR) is 87.6 cm³/mol. The molecule has 0 radical (unpaired) electrons. The maximum Gasteiger partial charge on any atom is 0.0574 e. The summed E-state index contributed by atoms with van der Waals surface area (Å²) in [5.41, 5.74) is 2.28. The van der Waals surface area contributed by atoms with Crippen LogP contribution in [0.1, 0.15) is 51.3 Å². The van der Waals surface area contributed by atoms with Gasteiger partial charge in [-0.05, 0) is 50.3 Å². The SMILES string of the molecule is CCCNC(CC)c1ccc(N(C)CC2CC(O)C2)cn1. The molecule has 21 heavy (non-hydrogen) atoms. The molecule has 0 saturated heterocycles. The first kappa shape index (κ1) is 16.2. The summed E-state index contributed by atoms with van der Waals surface area (Å²) in [6.45, 7) is 6.41. The lowest BCUT2D eigenvalue weighted by atomic mass is 9.82. The van der Waals surface area contributed by atoms with Crippen molar-refractivity contribution in [3.63, 3.8) is 0 Å². The number of anilines is 1. The van der Waals surface area contributed by atoms with Gasteiger partial charge < -0.3 is 15.3 Å². The molecule has 1 aliphatic rings. The van der Waals surface area contributed by atoms with E-state index in [9.17, 15) is 5.11 Å². The Hall–Kier alpha value is -1.13. The third-order valence-electron chi connectivity index (χ3n) is 4.36. The van der Waals surface area contributed by atoms with E-state index in [4.69, 9.17) is 0 Å². The zero-order chi connectivity index (χ0) is 15.2. The molecule has 0 aliphatic heterocycles. The van der Waals surface area contributed by atoms with Gasteiger partial charge >= 0.3 is 0 Å². The van der Waals surface area contributed by atoms with Crippen LogP contribution in [0.4, 0.5) is 5.69 Å². The lowest BCUT2D eigenvalue weighted by Crippen LogP contribution is -2.37. The van der Waals surface area contributed by atoms with Crippen molar-refractivity contribution < 1.29 is 5.11 Å². The lowest BCUT2D eigenvalue weighted by molar-refractivity contribution is 0.0465. The van der Waals surface area contributed by atoms with Gasteiger partial charge in [0.1, 0.15) is 0 Å². The summed E-state index contributed by atoms with van der Waals surface area (Å²) in [4.78, 5) is 6.88. The molecule has 118 valence electrons. The van der Waals surface area contributed by atoms with Crippen molar-refractivity contribution in [3.05, 3.63) is 24.0 Å². The van der Waals surface area contributed by atoms with Crippen LogP contribution in [0.15, 0.2) is 18.3 Å². The van der Waals surface area contributed by atoms with E-state index >= 15 is 0 Å². The monoisotopic (exact) mass is 291 g/mol. The number of nitrogens with zero attached hydrogens (tertiary/aromatic N) is 2. The van der Waals surface area contributed by atoms with E-state index in [1.165, 1.54) is 0 Å². The van der Waals surface area contributed by atoms with Gasteiger partial charge in [0.15, 0.2) is 0 Å². The van der Waals surface area contributed by atoms with E-state index < -0.39 is 0 Å². The third-order valence-corrected chi connectivity index (χ3v) is 4.36.